The maximum Gasteiger partial charge on any atom is 0.246 e. The van der Waals surface area contributed by atoms with Crippen LogP contribution in [0, 0.1) is 18.7 Å². The number of halogens is 1. The van der Waals surface area contributed by atoms with Crippen molar-refractivity contribution in [2.24, 2.45) is 5.92 Å². The molecule has 1 aliphatic heterocycles. The lowest BCUT2D eigenvalue weighted by Crippen LogP contribution is -2.53. The van der Waals surface area contributed by atoms with Crippen molar-refractivity contribution in [2.45, 2.75) is 43.2 Å². The van der Waals surface area contributed by atoms with Crippen LogP contribution in [0.1, 0.15) is 24.8 Å². The number of ether oxygens (including phenoxy) is 1. The number of benzene rings is 1. The standard InChI is InChI=1S/C16H22FNO4S/c1-11-5-6-13(17)16(9-11)23(20,21)18-7-8-22-10-14(18)12-3-2-4-15(12)19/h5-6,9,12,14-15,19H,2-4,7-8,10H2,1H3/t12-,14+,15-/m0/s1. The smallest absolute Gasteiger partial charge is 0.246 e. The van der Waals surface area contributed by atoms with Gasteiger partial charge in [0.15, 0.2) is 0 Å². The highest BCUT2D eigenvalue weighted by Crippen LogP contribution is 2.35. The lowest BCUT2D eigenvalue weighted by Gasteiger charge is -2.39. The van der Waals surface area contributed by atoms with E-state index >= 15 is 0 Å². The average molecular weight is 343 g/mol. The zero-order valence-corrected chi connectivity index (χ0v) is 13.9. The Balaban J connectivity index is 1.97. The van der Waals surface area contributed by atoms with Crippen LogP contribution in [-0.2, 0) is 14.8 Å². The molecule has 23 heavy (non-hydrogen) atoms. The van der Waals surface area contributed by atoms with E-state index in [1.165, 1.54) is 16.4 Å². The molecule has 0 amide bonds. The van der Waals surface area contributed by atoms with Crippen molar-refractivity contribution in [3.05, 3.63) is 29.6 Å². The average Bonchev–Trinajstić information content (AvgIpc) is 2.95. The van der Waals surface area contributed by atoms with Crippen molar-refractivity contribution in [1.82, 2.24) is 4.31 Å². The van der Waals surface area contributed by atoms with Crippen molar-refractivity contribution in [3.8, 4) is 0 Å². The molecular formula is C16H22FNO4S. The number of morpholine rings is 1. The minimum absolute atomic E-state index is 0.155. The van der Waals surface area contributed by atoms with Crippen molar-refractivity contribution in [1.29, 1.82) is 0 Å². The maximum absolute atomic E-state index is 14.1. The van der Waals surface area contributed by atoms with Gasteiger partial charge in [0, 0.05) is 12.5 Å². The predicted octanol–water partition coefficient (Wildman–Crippen LogP) is 1.68. The Bertz CT molecular complexity index is 679. The first-order valence-electron chi connectivity index (χ1n) is 7.95. The quantitative estimate of drug-likeness (QED) is 0.907. The van der Waals surface area contributed by atoms with Crippen LogP contribution in [-0.4, -0.2) is 49.7 Å². The van der Waals surface area contributed by atoms with Gasteiger partial charge in [0.1, 0.15) is 10.7 Å². The van der Waals surface area contributed by atoms with Gasteiger partial charge < -0.3 is 9.84 Å². The van der Waals surface area contributed by atoms with Crippen molar-refractivity contribution in [2.75, 3.05) is 19.8 Å². The Labute approximate surface area is 136 Å². The molecule has 1 aromatic carbocycles. The second-order valence-corrected chi connectivity index (χ2v) is 8.21. The summed E-state index contributed by atoms with van der Waals surface area (Å²) in [6, 6.07) is 3.65. The number of aliphatic hydroxyl groups excluding tert-OH is 1. The van der Waals surface area contributed by atoms with Gasteiger partial charge >= 0.3 is 0 Å². The first-order chi connectivity index (χ1) is 10.9. The first kappa shape index (κ1) is 16.8. The van der Waals surface area contributed by atoms with Gasteiger partial charge in [-0.05, 0) is 37.5 Å². The third-order valence-electron chi connectivity index (χ3n) is 4.81. The normalized spacial score (nSPS) is 29.8. The van der Waals surface area contributed by atoms with E-state index in [0.29, 0.717) is 12.0 Å². The van der Waals surface area contributed by atoms with Crippen molar-refractivity contribution < 1.29 is 22.7 Å². The van der Waals surface area contributed by atoms with Crippen molar-refractivity contribution in [3.63, 3.8) is 0 Å². The first-order valence-corrected chi connectivity index (χ1v) is 9.39. The van der Waals surface area contributed by atoms with Crippen LogP contribution < -0.4 is 0 Å². The van der Waals surface area contributed by atoms with E-state index in [0.717, 1.165) is 12.8 Å². The molecule has 1 aliphatic carbocycles. The lowest BCUT2D eigenvalue weighted by molar-refractivity contribution is -0.0148. The molecule has 128 valence electrons. The molecule has 0 unspecified atom stereocenters. The molecule has 1 aromatic rings. The van der Waals surface area contributed by atoms with Crippen LogP contribution in [0.25, 0.3) is 0 Å². The summed E-state index contributed by atoms with van der Waals surface area (Å²) in [5, 5.41) is 10.1. The largest absolute Gasteiger partial charge is 0.393 e. The summed E-state index contributed by atoms with van der Waals surface area (Å²) in [4.78, 5) is -0.295. The van der Waals surface area contributed by atoms with Crippen LogP contribution in [0.15, 0.2) is 23.1 Å². The number of aryl methyl sites for hydroxylation is 1. The fourth-order valence-corrected chi connectivity index (χ4v) is 5.39. The summed E-state index contributed by atoms with van der Waals surface area (Å²) in [6.07, 6.45) is 1.78. The van der Waals surface area contributed by atoms with Gasteiger partial charge in [-0.3, -0.25) is 0 Å². The van der Waals surface area contributed by atoms with Crippen LogP contribution in [0.4, 0.5) is 4.39 Å². The predicted molar refractivity (Wildman–Crippen MR) is 83.0 cm³/mol. The minimum atomic E-state index is -3.96. The van der Waals surface area contributed by atoms with Crippen LogP contribution >= 0.6 is 0 Å². The van der Waals surface area contributed by atoms with Crippen LogP contribution in [0.2, 0.25) is 0 Å². The Morgan fingerprint density at radius 3 is 2.83 bits per heavy atom. The van der Waals surface area contributed by atoms with E-state index < -0.39 is 28.0 Å². The van der Waals surface area contributed by atoms with Gasteiger partial charge in [-0.1, -0.05) is 12.5 Å². The minimum Gasteiger partial charge on any atom is -0.393 e. The van der Waals surface area contributed by atoms with Crippen LogP contribution in [0.5, 0.6) is 0 Å². The molecule has 1 saturated carbocycles. The molecule has 3 rings (SSSR count). The summed E-state index contributed by atoms with van der Waals surface area (Å²) in [5.41, 5.74) is 0.690. The highest BCUT2D eigenvalue weighted by Gasteiger charge is 2.43. The molecule has 0 bridgehead atoms. The second kappa shape index (κ2) is 6.47. The van der Waals surface area contributed by atoms with E-state index in [4.69, 9.17) is 4.74 Å². The summed E-state index contributed by atoms with van der Waals surface area (Å²) in [7, 11) is -3.96. The van der Waals surface area contributed by atoms with E-state index in [-0.39, 0.29) is 30.6 Å². The highest BCUT2D eigenvalue weighted by molar-refractivity contribution is 7.89. The van der Waals surface area contributed by atoms with Crippen molar-refractivity contribution >= 4 is 10.0 Å². The molecule has 2 fully saturated rings. The lowest BCUT2D eigenvalue weighted by atomic mass is 9.96. The summed E-state index contributed by atoms with van der Waals surface area (Å²) in [6.45, 7) is 2.44. The summed E-state index contributed by atoms with van der Waals surface area (Å²) in [5.74, 6) is -0.897. The van der Waals surface area contributed by atoms with E-state index in [1.54, 1.807) is 13.0 Å². The molecule has 3 atom stereocenters. The number of sulfonamides is 1. The van der Waals surface area contributed by atoms with E-state index in [9.17, 15) is 17.9 Å². The van der Waals surface area contributed by atoms with Gasteiger partial charge in [-0.25, -0.2) is 12.8 Å². The second-order valence-electron chi connectivity index (χ2n) is 6.35. The Morgan fingerprint density at radius 2 is 2.13 bits per heavy atom. The van der Waals surface area contributed by atoms with Gasteiger partial charge in [-0.2, -0.15) is 4.31 Å². The monoisotopic (exact) mass is 343 g/mol. The Morgan fingerprint density at radius 1 is 1.35 bits per heavy atom. The Hall–Kier alpha value is -1.02. The molecule has 0 aromatic heterocycles. The highest BCUT2D eigenvalue weighted by atomic mass is 32.2. The maximum atomic E-state index is 14.1. The molecule has 1 N–H and O–H groups in total. The molecule has 2 aliphatic rings. The van der Waals surface area contributed by atoms with Gasteiger partial charge in [0.2, 0.25) is 10.0 Å². The number of hydrogen-bond acceptors (Lipinski definition) is 4. The number of rotatable bonds is 3. The summed E-state index contributed by atoms with van der Waals surface area (Å²) >= 11 is 0. The van der Waals surface area contributed by atoms with E-state index in [2.05, 4.69) is 0 Å². The van der Waals surface area contributed by atoms with Gasteiger partial charge in [-0.15, -0.1) is 0 Å². The van der Waals surface area contributed by atoms with Gasteiger partial charge in [0.25, 0.3) is 0 Å². The third-order valence-corrected chi connectivity index (χ3v) is 6.75. The number of aliphatic hydroxyl groups is 1. The van der Waals surface area contributed by atoms with E-state index in [1.807, 2.05) is 0 Å². The summed E-state index contributed by atoms with van der Waals surface area (Å²) < 4.78 is 46.9. The number of hydrogen-bond donors (Lipinski definition) is 1. The Kier molecular flexibility index (Phi) is 4.73. The SMILES string of the molecule is Cc1ccc(F)c(S(=O)(=O)N2CCOC[C@@H]2[C@@H]2CCC[C@@H]2O)c1. The van der Waals surface area contributed by atoms with Crippen LogP contribution in [0.3, 0.4) is 0 Å². The number of nitrogens with zero attached hydrogens (tertiary/aromatic N) is 1. The zero-order valence-electron chi connectivity index (χ0n) is 13.1. The molecule has 0 radical (unpaired) electrons. The molecule has 5 nitrogen and oxygen atoms in total. The molecule has 1 saturated heterocycles. The van der Waals surface area contributed by atoms with Gasteiger partial charge in [0.05, 0.1) is 25.4 Å². The molecule has 0 spiro atoms. The molecule has 7 heteroatoms. The molecule has 1 heterocycles. The topological polar surface area (TPSA) is 66.8 Å². The third kappa shape index (κ3) is 3.15. The fourth-order valence-electron chi connectivity index (χ4n) is 3.60. The molecular weight excluding hydrogens is 321 g/mol. The fraction of sp³-hybridized carbons (Fsp3) is 0.625. The zero-order chi connectivity index (χ0) is 16.6.